The molecule has 1 aliphatic heterocycles. The van der Waals surface area contributed by atoms with Gasteiger partial charge in [-0.2, -0.15) is 13.2 Å². The van der Waals surface area contributed by atoms with E-state index in [2.05, 4.69) is 15.5 Å². The number of alkyl halides is 3. The number of hydrogen-bond donors (Lipinski definition) is 2. The van der Waals surface area contributed by atoms with Crippen LogP contribution < -0.4 is 15.5 Å². The van der Waals surface area contributed by atoms with Crippen LogP contribution in [0.4, 0.5) is 35.2 Å². The van der Waals surface area contributed by atoms with E-state index in [1.807, 2.05) is 25.1 Å². The molecule has 5 nitrogen and oxygen atoms in total. The maximum absolute atomic E-state index is 12.6. The highest BCUT2D eigenvalue weighted by molar-refractivity contribution is 6.01. The van der Waals surface area contributed by atoms with E-state index >= 15 is 0 Å². The zero-order valence-corrected chi connectivity index (χ0v) is 15.7. The van der Waals surface area contributed by atoms with Crippen LogP contribution in [0.1, 0.15) is 17.5 Å². The third-order valence-corrected chi connectivity index (χ3v) is 4.86. The molecular formula is C21H19F3N4O. The van der Waals surface area contributed by atoms with E-state index in [4.69, 9.17) is 4.98 Å². The summed E-state index contributed by atoms with van der Waals surface area (Å²) in [5.41, 5.74) is 1.99. The van der Waals surface area contributed by atoms with Gasteiger partial charge in [0.2, 0.25) is 0 Å². The van der Waals surface area contributed by atoms with Gasteiger partial charge in [0, 0.05) is 29.9 Å². The van der Waals surface area contributed by atoms with E-state index in [-0.39, 0.29) is 5.69 Å². The summed E-state index contributed by atoms with van der Waals surface area (Å²) in [6.45, 7) is 4.05. The lowest BCUT2D eigenvalue weighted by Crippen LogP contribution is -2.38. The summed E-state index contributed by atoms with van der Waals surface area (Å²) in [7, 11) is 0. The number of carbonyl (C=O) groups excluding carboxylic acids is 1. The predicted molar refractivity (Wildman–Crippen MR) is 107 cm³/mol. The Labute approximate surface area is 165 Å². The highest BCUT2D eigenvalue weighted by atomic mass is 19.4. The number of nitrogens with zero attached hydrogens (tertiary/aromatic N) is 2. The van der Waals surface area contributed by atoms with Gasteiger partial charge in [-0.3, -0.25) is 0 Å². The predicted octanol–water partition coefficient (Wildman–Crippen LogP) is 5.42. The first-order chi connectivity index (χ1) is 13.8. The third-order valence-electron chi connectivity index (χ3n) is 4.86. The molecule has 0 aliphatic carbocycles. The lowest BCUT2D eigenvalue weighted by molar-refractivity contribution is -0.137. The van der Waals surface area contributed by atoms with E-state index in [1.54, 1.807) is 6.07 Å². The van der Waals surface area contributed by atoms with Gasteiger partial charge in [0.15, 0.2) is 0 Å². The molecule has 8 heteroatoms. The molecule has 0 bridgehead atoms. The standard InChI is InChI=1S/C21H19F3N4O/c1-13-11-14-12-17(7-8-18(14)27-19(13)28-9-2-10-28)26-20(29)25-16-5-3-15(4-6-16)21(22,23)24/h3-8,11-12H,2,9-10H2,1H3,(H2,25,26,29). The van der Waals surface area contributed by atoms with Crippen molar-refractivity contribution in [3.63, 3.8) is 0 Å². The highest BCUT2D eigenvalue weighted by Gasteiger charge is 2.30. The Bertz CT molecular complexity index is 1060. The average molecular weight is 400 g/mol. The Morgan fingerprint density at radius 3 is 2.28 bits per heavy atom. The fraction of sp³-hybridized carbons (Fsp3) is 0.238. The molecule has 1 saturated heterocycles. The number of amides is 2. The largest absolute Gasteiger partial charge is 0.416 e. The maximum atomic E-state index is 12.6. The molecule has 2 N–H and O–H groups in total. The molecule has 4 rings (SSSR count). The quantitative estimate of drug-likeness (QED) is 0.618. The SMILES string of the molecule is Cc1cc2cc(NC(=O)Nc3ccc(C(F)(F)F)cc3)ccc2nc1N1CCC1. The number of benzene rings is 2. The zero-order valence-electron chi connectivity index (χ0n) is 15.7. The van der Waals surface area contributed by atoms with Crippen LogP contribution in [0.5, 0.6) is 0 Å². The van der Waals surface area contributed by atoms with Gasteiger partial charge in [-0.1, -0.05) is 0 Å². The molecule has 2 heterocycles. The number of urea groups is 1. The van der Waals surface area contributed by atoms with Gasteiger partial charge < -0.3 is 15.5 Å². The van der Waals surface area contributed by atoms with Crippen LogP contribution in [0.25, 0.3) is 10.9 Å². The second kappa shape index (κ2) is 7.27. The first-order valence-electron chi connectivity index (χ1n) is 9.21. The maximum Gasteiger partial charge on any atom is 0.416 e. The van der Waals surface area contributed by atoms with Crippen molar-refractivity contribution in [1.82, 2.24) is 4.98 Å². The molecule has 2 aromatic carbocycles. The number of aryl methyl sites for hydroxylation is 1. The summed E-state index contributed by atoms with van der Waals surface area (Å²) in [5.74, 6) is 0.990. The Balaban J connectivity index is 1.46. The molecule has 29 heavy (non-hydrogen) atoms. The van der Waals surface area contributed by atoms with Gasteiger partial charge in [0.25, 0.3) is 0 Å². The second-order valence-electron chi connectivity index (χ2n) is 7.03. The lowest BCUT2D eigenvalue weighted by atomic mass is 10.1. The fourth-order valence-electron chi connectivity index (χ4n) is 3.23. The molecule has 1 aromatic heterocycles. The van der Waals surface area contributed by atoms with Crippen molar-refractivity contribution in [1.29, 1.82) is 0 Å². The van der Waals surface area contributed by atoms with Crippen molar-refractivity contribution in [2.75, 3.05) is 28.6 Å². The summed E-state index contributed by atoms with van der Waals surface area (Å²) in [4.78, 5) is 19.1. The first kappa shape index (κ1) is 19.0. The van der Waals surface area contributed by atoms with Gasteiger partial charge in [0.05, 0.1) is 11.1 Å². The van der Waals surface area contributed by atoms with E-state index < -0.39 is 17.8 Å². The molecule has 2 amide bonds. The van der Waals surface area contributed by atoms with E-state index in [0.29, 0.717) is 5.69 Å². The summed E-state index contributed by atoms with van der Waals surface area (Å²) in [5, 5.41) is 6.13. The average Bonchev–Trinajstić information content (AvgIpc) is 2.60. The summed E-state index contributed by atoms with van der Waals surface area (Å²) >= 11 is 0. The van der Waals surface area contributed by atoms with Crippen molar-refractivity contribution in [2.24, 2.45) is 0 Å². The topological polar surface area (TPSA) is 57.3 Å². The van der Waals surface area contributed by atoms with Gasteiger partial charge in [-0.15, -0.1) is 0 Å². The van der Waals surface area contributed by atoms with Crippen LogP contribution in [-0.2, 0) is 6.18 Å². The van der Waals surface area contributed by atoms with Gasteiger partial charge in [0.1, 0.15) is 5.82 Å². The monoisotopic (exact) mass is 400 g/mol. The summed E-state index contributed by atoms with van der Waals surface area (Å²) < 4.78 is 37.8. The molecule has 1 fully saturated rings. The van der Waals surface area contributed by atoms with E-state index in [0.717, 1.165) is 47.5 Å². The van der Waals surface area contributed by atoms with Gasteiger partial charge >= 0.3 is 12.2 Å². The smallest absolute Gasteiger partial charge is 0.356 e. The molecule has 0 spiro atoms. The summed E-state index contributed by atoms with van der Waals surface area (Å²) in [6.07, 6.45) is -3.23. The minimum absolute atomic E-state index is 0.271. The number of pyridine rings is 1. The Hall–Kier alpha value is -3.29. The third kappa shape index (κ3) is 4.11. The van der Waals surface area contributed by atoms with Crippen molar-refractivity contribution in [3.8, 4) is 0 Å². The zero-order chi connectivity index (χ0) is 20.6. The van der Waals surface area contributed by atoms with Crippen molar-refractivity contribution in [3.05, 3.63) is 59.7 Å². The minimum Gasteiger partial charge on any atom is -0.356 e. The minimum atomic E-state index is -4.41. The van der Waals surface area contributed by atoms with Crippen LogP contribution in [0.15, 0.2) is 48.5 Å². The highest BCUT2D eigenvalue weighted by Crippen LogP contribution is 2.30. The molecule has 150 valence electrons. The molecule has 0 saturated carbocycles. The number of hydrogen-bond acceptors (Lipinski definition) is 3. The summed E-state index contributed by atoms with van der Waals surface area (Å²) in [6, 6.07) is 11.2. The van der Waals surface area contributed by atoms with Crippen LogP contribution in [0, 0.1) is 6.92 Å². The molecule has 0 unspecified atom stereocenters. The van der Waals surface area contributed by atoms with E-state index in [1.165, 1.54) is 18.6 Å². The lowest BCUT2D eigenvalue weighted by Gasteiger charge is -2.33. The first-order valence-corrected chi connectivity index (χ1v) is 9.21. The Kier molecular flexibility index (Phi) is 4.77. The number of rotatable bonds is 3. The Morgan fingerprint density at radius 2 is 1.66 bits per heavy atom. The van der Waals surface area contributed by atoms with Gasteiger partial charge in [-0.05, 0) is 67.4 Å². The molecule has 1 aliphatic rings. The van der Waals surface area contributed by atoms with Crippen LogP contribution in [0.3, 0.4) is 0 Å². The van der Waals surface area contributed by atoms with Gasteiger partial charge in [-0.25, -0.2) is 9.78 Å². The van der Waals surface area contributed by atoms with Crippen LogP contribution >= 0.6 is 0 Å². The van der Waals surface area contributed by atoms with Crippen molar-refractivity contribution >= 4 is 34.1 Å². The second-order valence-corrected chi connectivity index (χ2v) is 7.03. The van der Waals surface area contributed by atoms with Crippen LogP contribution in [0.2, 0.25) is 0 Å². The van der Waals surface area contributed by atoms with Crippen molar-refractivity contribution < 1.29 is 18.0 Å². The molecular weight excluding hydrogens is 381 g/mol. The normalized spacial score (nSPS) is 13.9. The van der Waals surface area contributed by atoms with Crippen molar-refractivity contribution in [2.45, 2.75) is 19.5 Å². The number of fused-ring (bicyclic) bond motifs is 1. The number of carbonyl (C=O) groups is 1. The molecule has 3 aromatic rings. The number of aromatic nitrogens is 1. The van der Waals surface area contributed by atoms with E-state index in [9.17, 15) is 18.0 Å². The Morgan fingerprint density at radius 1 is 1.00 bits per heavy atom. The number of anilines is 3. The molecule has 0 atom stereocenters. The molecule has 0 radical (unpaired) electrons. The number of nitrogens with one attached hydrogen (secondary N) is 2. The number of halogens is 3. The van der Waals surface area contributed by atoms with Crippen LogP contribution in [-0.4, -0.2) is 24.1 Å². The fourth-order valence-corrected chi connectivity index (χ4v) is 3.23.